The topological polar surface area (TPSA) is 121 Å². The number of rotatable bonds is 4. The van der Waals surface area contributed by atoms with E-state index >= 15 is 0 Å². The Morgan fingerprint density at radius 1 is 1.63 bits per heavy atom. The molecule has 0 amide bonds. The smallest absolute Gasteiger partial charge is 0.223 e. The molecule has 1 aliphatic heterocycles. The van der Waals surface area contributed by atoms with Gasteiger partial charge in [-0.05, 0) is 13.8 Å². The van der Waals surface area contributed by atoms with Crippen LogP contribution in [0.1, 0.15) is 19.5 Å². The van der Waals surface area contributed by atoms with Crippen molar-refractivity contribution in [2.75, 3.05) is 0 Å². The fraction of sp³-hybridized carbons (Fsp3) is 0.500. The first kappa shape index (κ1) is 13.6. The average molecular weight is 266 g/mol. The third-order valence-electron chi connectivity index (χ3n) is 2.99. The second-order valence-corrected chi connectivity index (χ2v) is 5.00. The number of aromatic nitrogens is 2. The molecule has 0 aliphatic carbocycles. The fourth-order valence-electron chi connectivity index (χ4n) is 1.97. The predicted octanol–water partition coefficient (Wildman–Crippen LogP) is -2.87. The molecule has 2 rings (SSSR count). The second kappa shape index (κ2) is 5.02. The summed E-state index contributed by atoms with van der Waals surface area (Å²) in [5.41, 5.74) is 6.41. The van der Waals surface area contributed by atoms with Gasteiger partial charge in [0.1, 0.15) is 0 Å². The van der Waals surface area contributed by atoms with E-state index in [1.807, 2.05) is 13.8 Å². The van der Waals surface area contributed by atoms with Crippen molar-refractivity contribution >= 4 is 5.71 Å². The van der Waals surface area contributed by atoms with Crippen molar-refractivity contribution in [2.24, 2.45) is 5.73 Å². The molecule has 104 valence electrons. The Hall–Kier alpha value is -1.86. The molecule has 0 fully saturated rings. The largest absolute Gasteiger partial charge is 0.826 e. The van der Waals surface area contributed by atoms with E-state index in [1.165, 1.54) is 6.33 Å². The van der Waals surface area contributed by atoms with Gasteiger partial charge in [-0.15, -0.1) is 0 Å². The molecule has 1 aromatic heterocycles. The van der Waals surface area contributed by atoms with E-state index in [9.17, 15) is 10.2 Å². The Morgan fingerprint density at radius 2 is 2.37 bits per heavy atom. The number of aromatic amines is 1. The quantitative estimate of drug-likeness (QED) is 0.436. The van der Waals surface area contributed by atoms with Crippen molar-refractivity contribution in [1.29, 1.82) is 0 Å². The van der Waals surface area contributed by atoms with Crippen LogP contribution in [0.5, 0.6) is 0 Å². The van der Waals surface area contributed by atoms with Crippen LogP contribution in [-0.2, 0) is 11.2 Å². The van der Waals surface area contributed by atoms with Crippen LogP contribution in [0.3, 0.4) is 0 Å². The third kappa shape index (κ3) is 3.12. The summed E-state index contributed by atoms with van der Waals surface area (Å²) in [5.74, 6) is 0.285. The molecular weight excluding hydrogens is 248 g/mol. The van der Waals surface area contributed by atoms with Gasteiger partial charge in [-0.2, -0.15) is 0 Å². The van der Waals surface area contributed by atoms with Gasteiger partial charge in [0, 0.05) is 18.2 Å². The Kier molecular flexibility index (Phi) is 3.59. The Morgan fingerprint density at radius 3 is 2.84 bits per heavy atom. The van der Waals surface area contributed by atoms with Gasteiger partial charge in [-0.3, -0.25) is 0 Å². The van der Waals surface area contributed by atoms with Gasteiger partial charge in [-0.25, -0.2) is 9.98 Å². The highest BCUT2D eigenvalue weighted by Crippen LogP contribution is 2.19. The van der Waals surface area contributed by atoms with Crippen LogP contribution in [-0.4, -0.2) is 38.7 Å². The van der Waals surface area contributed by atoms with Crippen molar-refractivity contribution < 1.29 is 19.9 Å². The summed E-state index contributed by atoms with van der Waals surface area (Å²) in [5, 5.41) is 20.7. The fourth-order valence-corrected chi connectivity index (χ4v) is 1.97. The molecule has 7 nitrogen and oxygen atoms in total. The van der Waals surface area contributed by atoms with Gasteiger partial charge in [0.2, 0.25) is 5.71 Å². The van der Waals surface area contributed by atoms with Crippen molar-refractivity contribution in [3.63, 3.8) is 0 Å². The summed E-state index contributed by atoms with van der Waals surface area (Å²) in [7, 11) is 0. The summed E-state index contributed by atoms with van der Waals surface area (Å²) < 4.78 is 5.41. The predicted molar refractivity (Wildman–Crippen MR) is 65.5 cm³/mol. The number of hydrogen-bond donors (Lipinski definition) is 4. The Balaban J connectivity index is 2.21. The highest BCUT2D eigenvalue weighted by atomic mass is 16.5. The van der Waals surface area contributed by atoms with E-state index in [2.05, 4.69) is 15.0 Å². The SMILES string of the molecule is CC1(C)OC(N)=CC1=[NH+][C@@H](Cc1cnc[nH]1)C([O-])O. The van der Waals surface area contributed by atoms with Crippen LogP contribution in [0.2, 0.25) is 0 Å². The summed E-state index contributed by atoms with van der Waals surface area (Å²) in [6.07, 6.45) is 3.33. The zero-order chi connectivity index (χ0) is 14.0. The maximum absolute atomic E-state index is 11.4. The van der Waals surface area contributed by atoms with Gasteiger partial charge in [-0.1, -0.05) is 0 Å². The van der Waals surface area contributed by atoms with Gasteiger partial charge in [0.05, 0.1) is 18.8 Å². The Bertz CT molecular complexity index is 491. The zero-order valence-corrected chi connectivity index (χ0v) is 10.9. The number of nitrogens with zero attached hydrogens (tertiary/aromatic N) is 1. The second-order valence-electron chi connectivity index (χ2n) is 5.00. The molecule has 5 N–H and O–H groups in total. The minimum Gasteiger partial charge on any atom is -0.826 e. The molecule has 0 aromatic carbocycles. The standard InChI is InChI=1S/C12H17N4O3/c1-12(2)9(4-10(13)19-12)16-8(11(17)18)3-7-5-14-6-15-7/h4-6,8,11,17H,3,13H2,1-2H3,(H,14,15)/q-1/p+1/t8-,11?/m0/s1. The third-order valence-corrected chi connectivity index (χ3v) is 2.99. The summed E-state index contributed by atoms with van der Waals surface area (Å²) in [4.78, 5) is 9.77. The normalized spacial score (nSPS) is 22.9. The van der Waals surface area contributed by atoms with Gasteiger partial charge >= 0.3 is 0 Å². The minimum atomic E-state index is -1.76. The molecule has 0 saturated carbocycles. The lowest BCUT2D eigenvalue weighted by molar-refractivity contribution is -0.607. The lowest BCUT2D eigenvalue weighted by Crippen LogP contribution is -2.86. The summed E-state index contributed by atoms with van der Waals surface area (Å²) >= 11 is 0. The first-order valence-electron chi connectivity index (χ1n) is 6.00. The highest BCUT2D eigenvalue weighted by molar-refractivity contribution is 5.98. The van der Waals surface area contributed by atoms with E-state index in [1.54, 1.807) is 12.3 Å². The monoisotopic (exact) mass is 266 g/mol. The van der Waals surface area contributed by atoms with Gasteiger partial charge in [0.25, 0.3) is 0 Å². The molecule has 19 heavy (non-hydrogen) atoms. The number of aliphatic hydroxyl groups excluding tert-OH is 1. The van der Waals surface area contributed by atoms with E-state index in [0.29, 0.717) is 12.1 Å². The number of hydrogen-bond acceptors (Lipinski definition) is 5. The first-order valence-corrected chi connectivity index (χ1v) is 6.00. The number of aliphatic hydroxyl groups is 1. The van der Waals surface area contributed by atoms with Crippen LogP contribution in [0.25, 0.3) is 0 Å². The van der Waals surface area contributed by atoms with Crippen LogP contribution in [0.4, 0.5) is 0 Å². The van der Waals surface area contributed by atoms with E-state index < -0.39 is 17.9 Å². The number of ether oxygens (including phenoxy) is 1. The molecule has 0 saturated heterocycles. The Labute approximate surface area is 110 Å². The molecular formula is C12H18N4O3. The molecule has 1 unspecified atom stereocenters. The van der Waals surface area contributed by atoms with Crippen molar-refractivity contribution in [3.05, 3.63) is 30.2 Å². The summed E-state index contributed by atoms with van der Waals surface area (Å²) in [6.45, 7) is 3.66. The number of imidazole rings is 1. The number of H-pyrrole nitrogens is 1. The van der Waals surface area contributed by atoms with Crippen LogP contribution in [0.15, 0.2) is 24.5 Å². The summed E-state index contributed by atoms with van der Waals surface area (Å²) in [6, 6.07) is -0.694. The molecule has 0 radical (unpaired) electrons. The molecule has 2 atom stereocenters. The van der Waals surface area contributed by atoms with Crippen molar-refractivity contribution in [3.8, 4) is 0 Å². The number of nitrogens with two attached hydrogens (primary N) is 1. The van der Waals surface area contributed by atoms with Crippen LogP contribution >= 0.6 is 0 Å². The van der Waals surface area contributed by atoms with E-state index in [-0.39, 0.29) is 5.88 Å². The van der Waals surface area contributed by atoms with Crippen LogP contribution < -0.4 is 15.8 Å². The van der Waals surface area contributed by atoms with Gasteiger partial charge < -0.3 is 25.7 Å². The maximum Gasteiger partial charge on any atom is 0.223 e. The molecule has 1 aromatic rings. The molecule has 7 heteroatoms. The molecule has 2 heterocycles. The highest BCUT2D eigenvalue weighted by Gasteiger charge is 2.38. The minimum absolute atomic E-state index is 0.285. The van der Waals surface area contributed by atoms with Crippen molar-refractivity contribution in [2.45, 2.75) is 38.2 Å². The molecule has 0 spiro atoms. The lowest BCUT2D eigenvalue weighted by Gasteiger charge is -2.21. The van der Waals surface area contributed by atoms with E-state index in [0.717, 1.165) is 5.69 Å². The maximum atomic E-state index is 11.4. The zero-order valence-electron chi connectivity index (χ0n) is 10.9. The first-order chi connectivity index (χ1) is 8.88. The van der Waals surface area contributed by atoms with Gasteiger partial charge in [0.15, 0.2) is 17.5 Å². The lowest BCUT2D eigenvalue weighted by atomic mass is 10.0. The van der Waals surface area contributed by atoms with Crippen molar-refractivity contribution in [1.82, 2.24) is 9.97 Å². The molecule has 0 bridgehead atoms. The van der Waals surface area contributed by atoms with E-state index in [4.69, 9.17) is 10.5 Å². The molecule has 1 aliphatic rings. The van der Waals surface area contributed by atoms with Crippen LogP contribution in [0, 0.1) is 0 Å². The number of nitrogens with one attached hydrogen (secondary N) is 2. The average Bonchev–Trinajstić information content (AvgIpc) is 2.86.